The van der Waals surface area contributed by atoms with Gasteiger partial charge >= 0.3 is 5.97 Å². The number of rotatable bonds is 8. The van der Waals surface area contributed by atoms with Crippen molar-refractivity contribution >= 4 is 36.3 Å². The predicted octanol–water partition coefficient (Wildman–Crippen LogP) is 7.23. The van der Waals surface area contributed by atoms with Crippen LogP contribution in [0.3, 0.4) is 0 Å². The van der Waals surface area contributed by atoms with Crippen molar-refractivity contribution in [2.24, 2.45) is 17.3 Å². The Kier molecular flexibility index (Phi) is 9.96. The van der Waals surface area contributed by atoms with E-state index in [1.165, 1.54) is 0 Å². The first kappa shape index (κ1) is 30.9. The summed E-state index contributed by atoms with van der Waals surface area (Å²) in [4.78, 5) is 29.0. The third-order valence-corrected chi connectivity index (χ3v) is 11.8. The number of carbonyl (C=O) groups is 2. The maximum atomic E-state index is 14.1. The van der Waals surface area contributed by atoms with Crippen molar-refractivity contribution in [1.82, 2.24) is 0 Å². The van der Waals surface area contributed by atoms with Crippen molar-refractivity contribution in [3.05, 3.63) is 15.8 Å². The van der Waals surface area contributed by atoms with Gasteiger partial charge in [-0.2, -0.15) is 0 Å². The fraction of sp³-hybridized carbons (Fsp3) is 0.724. The van der Waals surface area contributed by atoms with Gasteiger partial charge in [-0.25, -0.2) is 4.79 Å². The van der Waals surface area contributed by atoms with Gasteiger partial charge in [-0.05, 0) is 91.0 Å². The summed E-state index contributed by atoms with van der Waals surface area (Å²) in [6, 6.07) is 1.56. The van der Waals surface area contributed by atoms with E-state index in [2.05, 4.69) is 18.8 Å². The first-order valence-electron chi connectivity index (χ1n) is 13.7. The molecule has 38 heavy (non-hydrogen) atoms. The average Bonchev–Trinajstić information content (AvgIpc) is 3.27. The van der Waals surface area contributed by atoms with E-state index in [0.29, 0.717) is 48.8 Å². The topological polar surface area (TPSA) is 93.1 Å². The van der Waals surface area contributed by atoms with Gasteiger partial charge in [0.05, 0.1) is 17.2 Å². The van der Waals surface area contributed by atoms with Gasteiger partial charge in [0.15, 0.2) is 0 Å². The predicted molar refractivity (Wildman–Crippen MR) is 153 cm³/mol. The van der Waals surface area contributed by atoms with E-state index < -0.39 is 18.7 Å². The molecule has 2 aliphatic carbocycles. The minimum Gasteiger partial charge on any atom is -0.477 e. The fourth-order valence-corrected chi connectivity index (χ4v) is 8.65. The largest absolute Gasteiger partial charge is 0.477 e. The van der Waals surface area contributed by atoms with E-state index in [1.807, 2.05) is 27.7 Å². The van der Waals surface area contributed by atoms with Crippen LogP contribution in [0.4, 0.5) is 5.69 Å². The van der Waals surface area contributed by atoms with Gasteiger partial charge in [-0.3, -0.25) is 9.36 Å². The number of anilines is 1. The molecule has 2 aliphatic rings. The molecule has 0 bridgehead atoms. The SMILES string of the molecule is CCOP(C)(=O)C1(OC)CCC(N(c2cc(C#CC(C)(C)C)sc2C(=O)O)C(=O)[C@H]2CC[C@H](C)CC2)CC1. The smallest absolute Gasteiger partial charge is 0.348 e. The van der Waals surface area contributed by atoms with Crippen molar-refractivity contribution in [2.45, 2.75) is 97.4 Å². The second kappa shape index (κ2) is 12.3. The van der Waals surface area contributed by atoms with Crippen LogP contribution in [0.1, 0.15) is 101 Å². The van der Waals surface area contributed by atoms with Gasteiger partial charge in [0.25, 0.3) is 0 Å². The first-order chi connectivity index (χ1) is 17.7. The second-order valence-corrected chi connectivity index (χ2v) is 15.8. The number of aromatic carboxylic acids is 1. The Balaban J connectivity index is 2.01. The normalized spacial score (nSPS) is 27.6. The highest BCUT2D eigenvalue weighted by atomic mass is 32.1. The van der Waals surface area contributed by atoms with Crippen molar-refractivity contribution in [3.63, 3.8) is 0 Å². The zero-order valence-electron chi connectivity index (χ0n) is 24.0. The summed E-state index contributed by atoms with van der Waals surface area (Å²) in [6.07, 6.45) is 5.63. The molecule has 3 rings (SSSR count). The Morgan fingerprint density at radius 3 is 2.29 bits per heavy atom. The number of hydrogen-bond acceptors (Lipinski definition) is 6. The van der Waals surface area contributed by atoms with Gasteiger partial charge in [0.2, 0.25) is 13.3 Å². The molecule has 1 unspecified atom stereocenters. The summed E-state index contributed by atoms with van der Waals surface area (Å²) in [5.74, 6) is 5.71. The molecule has 1 N–H and O–H groups in total. The molecule has 9 heteroatoms. The van der Waals surface area contributed by atoms with Gasteiger partial charge in [0.1, 0.15) is 10.2 Å². The molecule has 1 aromatic rings. The number of ether oxygens (including phenoxy) is 1. The molecule has 0 spiro atoms. The van der Waals surface area contributed by atoms with Crippen molar-refractivity contribution in [3.8, 4) is 11.8 Å². The van der Waals surface area contributed by atoms with Gasteiger partial charge < -0.3 is 19.3 Å². The molecule has 2 saturated carbocycles. The van der Waals surface area contributed by atoms with Crippen LogP contribution in [-0.4, -0.2) is 48.7 Å². The van der Waals surface area contributed by atoms with E-state index in [0.717, 1.165) is 37.0 Å². The van der Waals surface area contributed by atoms with Crippen LogP contribution >= 0.6 is 18.7 Å². The van der Waals surface area contributed by atoms with E-state index in [1.54, 1.807) is 24.7 Å². The zero-order chi connectivity index (χ0) is 28.3. The number of nitrogens with zero attached hydrogens (tertiary/aromatic N) is 1. The van der Waals surface area contributed by atoms with Crippen LogP contribution in [0.2, 0.25) is 0 Å². The molecule has 0 aliphatic heterocycles. The Bertz CT molecular complexity index is 1110. The van der Waals surface area contributed by atoms with Crippen LogP contribution in [0.5, 0.6) is 0 Å². The quantitative estimate of drug-likeness (QED) is 0.264. The summed E-state index contributed by atoms with van der Waals surface area (Å²) < 4.78 is 25.0. The lowest BCUT2D eigenvalue weighted by Crippen LogP contribution is -2.49. The standard InChI is InChI=1S/C29H44NO6PS/c1-8-36-37(7,34)29(35-6)17-13-22(14-18-29)30(26(31)21-11-9-20(2)10-12-21)24-19-23(15-16-28(3,4)5)38-25(24)27(32)33/h19-22H,8-14,17-18H2,1-7H3,(H,32,33)/t20-,21-,22?,29?,37?. The third kappa shape index (κ3) is 6.91. The molecule has 1 amide bonds. The molecule has 1 heterocycles. The Hall–Kier alpha value is -1.65. The van der Waals surface area contributed by atoms with E-state index in [-0.39, 0.29) is 28.2 Å². The van der Waals surface area contributed by atoms with Crippen molar-refractivity contribution < 1.29 is 28.5 Å². The Labute approximate surface area is 232 Å². The number of thiophene rings is 1. The molecule has 0 radical (unpaired) electrons. The van der Waals surface area contributed by atoms with Crippen molar-refractivity contribution in [2.75, 3.05) is 25.3 Å². The van der Waals surface area contributed by atoms with Gasteiger partial charge in [-0.1, -0.05) is 18.8 Å². The van der Waals surface area contributed by atoms with Gasteiger partial charge in [0, 0.05) is 31.1 Å². The molecule has 212 valence electrons. The number of carboxylic acids is 1. The molecule has 1 atom stereocenters. The molecule has 0 aromatic carbocycles. The lowest BCUT2D eigenvalue weighted by molar-refractivity contribution is -0.124. The molecule has 0 saturated heterocycles. The van der Waals surface area contributed by atoms with Gasteiger partial charge in [-0.15, -0.1) is 11.3 Å². The highest BCUT2D eigenvalue weighted by Gasteiger charge is 2.50. The second-order valence-electron chi connectivity index (χ2n) is 11.9. The van der Waals surface area contributed by atoms with E-state index in [4.69, 9.17) is 9.26 Å². The zero-order valence-corrected chi connectivity index (χ0v) is 25.7. The number of methoxy groups -OCH3 is 1. The fourth-order valence-electron chi connectivity index (χ4n) is 5.68. The van der Waals surface area contributed by atoms with Crippen LogP contribution in [0, 0.1) is 29.1 Å². The summed E-state index contributed by atoms with van der Waals surface area (Å²) in [5, 5.41) is 9.22. The number of carbonyl (C=O) groups excluding carboxylic acids is 1. The lowest BCUT2D eigenvalue weighted by atomic mass is 9.81. The molecule has 1 aromatic heterocycles. The molecular formula is C29H44NO6PS. The summed E-state index contributed by atoms with van der Waals surface area (Å²) in [6.45, 7) is 12.0. The van der Waals surface area contributed by atoms with Crippen LogP contribution < -0.4 is 4.90 Å². The highest BCUT2D eigenvalue weighted by Crippen LogP contribution is 2.62. The highest BCUT2D eigenvalue weighted by molar-refractivity contribution is 7.59. The molecule has 2 fully saturated rings. The third-order valence-electron chi connectivity index (χ3n) is 7.93. The minimum absolute atomic E-state index is 0.00747. The van der Waals surface area contributed by atoms with E-state index in [9.17, 15) is 19.3 Å². The van der Waals surface area contributed by atoms with Crippen molar-refractivity contribution in [1.29, 1.82) is 0 Å². The Morgan fingerprint density at radius 2 is 1.79 bits per heavy atom. The van der Waals surface area contributed by atoms with E-state index >= 15 is 0 Å². The maximum absolute atomic E-state index is 14.1. The van der Waals surface area contributed by atoms with Crippen LogP contribution in [-0.2, 0) is 18.6 Å². The summed E-state index contributed by atoms with van der Waals surface area (Å²) >= 11 is 1.12. The first-order valence-corrected chi connectivity index (χ1v) is 16.6. The summed E-state index contributed by atoms with van der Waals surface area (Å²) in [5.41, 5.74) is 0.201. The Morgan fingerprint density at radius 1 is 1.18 bits per heavy atom. The lowest BCUT2D eigenvalue weighted by Gasteiger charge is -2.45. The maximum Gasteiger partial charge on any atom is 0.348 e. The summed E-state index contributed by atoms with van der Waals surface area (Å²) in [7, 11) is -1.49. The average molecular weight is 566 g/mol. The van der Waals surface area contributed by atoms with Crippen LogP contribution in [0.15, 0.2) is 6.07 Å². The number of hydrogen-bond donors (Lipinski definition) is 1. The minimum atomic E-state index is -3.07. The molecule has 7 nitrogen and oxygen atoms in total. The monoisotopic (exact) mass is 565 g/mol. The number of carboxylic acid groups (broad SMARTS) is 1. The number of amides is 1. The van der Waals surface area contributed by atoms with Crippen LogP contribution in [0.25, 0.3) is 0 Å². The molecular weight excluding hydrogens is 521 g/mol.